The molecule has 30 heavy (non-hydrogen) atoms. The van der Waals surface area contributed by atoms with Gasteiger partial charge >= 0.3 is 5.97 Å². The second-order valence-electron chi connectivity index (χ2n) is 6.44. The van der Waals surface area contributed by atoms with Gasteiger partial charge < -0.3 is 18.8 Å². The van der Waals surface area contributed by atoms with Crippen LogP contribution in [0.4, 0.5) is 0 Å². The highest BCUT2D eigenvalue weighted by atomic mass is 32.1. The van der Waals surface area contributed by atoms with Crippen molar-refractivity contribution < 1.29 is 23.8 Å². The minimum atomic E-state index is -0.404. The van der Waals surface area contributed by atoms with Gasteiger partial charge in [-0.25, -0.2) is 4.79 Å². The number of hydrogen-bond donors (Lipinski definition) is 0. The van der Waals surface area contributed by atoms with Crippen LogP contribution in [-0.2, 0) is 27.2 Å². The van der Waals surface area contributed by atoms with Crippen LogP contribution in [0, 0.1) is 0 Å². The van der Waals surface area contributed by atoms with Crippen LogP contribution in [0.2, 0.25) is 0 Å². The first-order valence-electron chi connectivity index (χ1n) is 9.55. The van der Waals surface area contributed by atoms with E-state index in [1.54, 1.807) is 19.2 Å². The van der Waals surface area contributed by atoms with Gasteiger partial charge in [0.05, 0.1) is 43.0 Å². The number of carbonyl (C=O) groups is 2. The Morgan fingerprint density at radius 3 is 2.70 bits per heavy atom. The van der Waals surface area contributed by atoms with E-state index in [0.29, 0.717) is 35.9 Å². The molecular formula is C22H24N2O5S. The van der Waals surface area contributed by atoms with Crippen molar-refractivity contribution in [2.45, 2.75) is 19.9 Å². The van der Waals surface area contributed by atoms with E-state index in [2.05, 4.69) is 4.99 Å². The Morgan fingerprint density at radius 2 is 1.97 bits per heavy atom. The van der Waals surface area contributed by atoms with E-state index in [9.17, 15) is 9.59 Å². The second kappa shape index (κ2) is 10.2. The first-order chi connectivity index (χ1) is 14.5. The molecule has 0 aliphatic heterocycles. The molecule has 7 nitrogen and oxygen atoms in total. The molecule has 3 aromatic rings. The van der Waals surface area contributed by atoms with Crippen molar-refractivity contribution in [1.29, 1.82) is 0 Å². The van der Waals surface area contributed by atoms with Crippen LogP contribution in [-0.4, -0.2) is 43.9 Å². The number of fused-ring (bicyclic) bond motifs is 1. The van der Waals surface area contributed by atoms with Crippen molar-refractivity contribution in [3.8, 4) is 5.75 Å². The molecule has 1 heterocycles. The molecule has 0 saturated heterocycles. The third kappa shape index (κ3) is 5.14. The quantitative estimate of drug-likeness (QED) is 0.407. The maximum Gasteiger partial charge on any atom is 0.337 e. The van der Waals surface area contributed by atoms with Crippen LogP contribution in [0.1, 0.15) is 22.8 Å². The molecule has 0 aliphatic carbocycles. The smallest absolute Gasteiger partial charge is 0.337 e. The van der Waals surface area contributed by atoms with Crippen molar-refractivity contribution >= 4 is 33.4 Å². The highest BCUT2D eigenvalue weighted by Gasteiger charge is 2.12. The van der Waals surface area contributed by atoms with Crippen molar-refractivity contribution in [3.05, 3.63) is 58.4 Å². The van der Waals surface area contributed by atoms with Crippen LogP contribution in [0.15, 0.2) is 47.5 Å². The van der Waals surface area contributed by atoms with Gasteiger partial charge in [0.15, 0.2) is 4.80 Å². The summed E-state index contributed by atoms with van der Waals surface area (Å²) in [6.45, 7) is 3.59. The van der Waals surface area contributed by atoms with E-state index in [1.165, 1.54) is 18.4 Å². The SMILES string of the molecule is CCOCCn1c(=NC(=O)Cc2cccc(OC)c2)sc2cc(C(=O)OC)ccc21. The van der Waals surface area contributed by atoms with Gasteiger partial charge in [-0.05, 0) is 42.8 Å². The predicted molar refractivity (Wildman–Crippen MR) is 115 cm³/mol. The molecule has 1 amide bonds. The van der Waals surface area contributed by atoms with Crippen LogP contribution in [0.3, 0.4) is 0 Å². The van der Waals surface area contributed by atoms with E-state index in [-0.39, 0.29) is 12.3 Å². The molecule has 3 rings (SSSR count). The number of esters is 1. The summed E-state index contributed by atoms with van der Waals surface area (Å²) >= 11 is 1.36. The van der Waals surface area contributed by atoms with Crippen LogP contribution in [0.5, 0.6) is 5.75 Å². The summed E-state index contributed by atoms with van der Waals surface area (Å²) in [7, 11) is 2.94. The first kappa shape index (κ1) is 21.7. The number of thiazole rings is 1. The van der Waals surface area contributed by atoms with E-state index in [4.69, 9.17) is 14.2 Å². The molecule has 8 heteroatoms. The zero-order valence-corrected chi connectivity index (χ0v) is 18.0. The van der Waals surface area contributed by atoms with Crippen molar-refractivity contribution in [1.82, 2.24) is 4.57 Å². The Morgan fingerprint density at radius 1 is 1.13 bits per heavy atom. The topological polar surface area (TPSA) is 79.1 Å². The summed E-state index contributed by atoms with van der Waals surface area (Å²) in [5.74, 6) is 0.0381. The Bertz CT molecular complexity index is 1120. The number of aromatic nitrogens is 1. The van der Waals surface area contributed by atoms with Crippen molar-refractivity contribution in [3.63, 3.8) is 0 Å². The monoisotopic (exact) mass is 428 g/mol. The van der Waals surface area contributed by atoms with Gasteiger partial charge in [0.25, 0.3) is 5.91 Å². The highest BCUT2D eigenvalue weighted by molar-refractivity contribution is 7.16. The molecule has 0 unspecified atom stereocenters. The molecule has 0 atom stereocenters. The fraction of sp³-hybridized carbons (Fsp3) is 0.318. The zero-order chi connectivity index (χ0) is 21.5. The molecule has 0 radical (unpaired) electrons. The number of methoxy groups -OCH3 is 2. The largest absolute Gasteiger partial charge is 0.497 e. The molecule has 2 aromatic carbocycles. The minimum Gasteiger partial charge on any atom is -0.497 e. The fourth-order valence-electron chi connectivity index (χ4n) is 3.02. The second-order valence-corrected chi connectivity index (χ2v) is 7.45. The van der Waals surface area contributed by atoms with Gasteiger partial charge in [0.1, 0.15) is 5.75 Å². The Labute approximate surface area is 178 Å². The lowest BCUT2D eigenvalue weighted by molar-refractivity contribution is -0.117. The summed E-state index contributed by atoms with van der Waals surface area (Å²) in [5, 5.41) is 0. The number of rotatable bonds is 8. The summed E-state index contributed by atoms with van der Waals surface area (Å²) < 4.78 is 18.3. The molecule has 0 N–H and O–H groups in total. The third-order valence-electron chi connectivity index (χ3n) is 4.48. The molecule has 0 fully saturated rings. The lowest BCUT2D eigenvalue weighted by atomic mass is 10.1. The summed E-state index contributed by atoms with van der Waals surface area (Å²) in [6, 6.07) is 12.7. The average Bonchev–Trinajstić information content (AvgIpc) is 3.09. The third-order valence-corrected chi connectivity index (χ3v) is 5.52. The number of ether oxygens (including phenoxy) is 3. The van der Waals surface area contributed by atoms with Gasteiger partial charge in [-0.1, -0.05) is 23.5 Å². The molecule has 1 aromatic heterocycles. The van der Waals surface area contributed by atoms with Gasteiger partial charge in [0.2, 0.25) is 0 Å². The van der Waals surface area contributed by atoms with E-state index < -0.39 is 5.97 Å². The summed E-state index contributed by atoms with van der Waals surface area (Å²) in [6.07, 6.45) is 0.171. The van der Waals surface area contributed by atoms with Crippen LogP contribution >= 0.6 is 11.3 Å². The van der Waals surface area contributed by atoms with Crippen molar-refractivity contribution in [2.75, 3.05) is 27.4 Å². The number of nitrogens with zero attached hydrogens (tertiary/aromatic N) is 2. The number of hydrogen-bond acceptors (Lipinski definition) is 6. The van der Waals surface area contributed by atoms with Crippen LogP contribution in [0.25, 0.3) is 10.2 Å². The first-order valence-corrected chi connectivity index (χ1v) is 10.4. The number of amides is 1. The number of carbonyl (C=O) groups excluding carboxylic acids is 2. The minimum absolute atomic E-state index is 0.171. The molecular weight excluding hydrogens is 404 g/mol. The average molecular weight is 429 g/mol. The fourth-order valence-corrected chi connectivity index (χ4v) is 4.14. The van der Waals surface area contributed by atoms with Gasteiger partial charge in [-0.15, -0.1) is 0 Å². The Balaban J connectivity index is 1.97. The molecule has 0 saturated carbocycles. The standard InChI is InChI=1S/C22H24N2O5S/c1-4-29-11-10-24-18-9-8-16(21(26)28-3)14-19(18)30-22(24)23-20(25)13-15-6-5-7-17(12-15)27-2/h5-9,12,14H,4,10-11,13H2,1-3H3. The lowest BCUT2D eigenvalue weighted by Gasteiger charge is -2.06. The van der Waals surface area contributed by atoms with Crippen molar-refractivity contribution in [2.24, 2.45) is 4.99 Å². The molecule has 0 aliphatic rings. The summed E-state index contributed by atoms with van der Waals surface area (Å²) in [4.78, 5) is 29.4. The van der Waals surface area contributed by atoms with Gasteiger partial charge in [-0.3, -0.25) is 4.79 Å². The Kier molecular flexibility index (Phi) is 7.37. The van der Waals surface area contributed by atoms with E-state index in [1.807, 2.05) is 41.8 Å². The van der Waals surface area contributed by atoms with E-state index in [0.717, 1.165) is 15.8 Å². The zero-order valence-electron chi connectivity index (χ0n) is 17.2. The lowest BCUT2D eigenvalue weighted by Crippen LogP contribution is -2.20. The highest BCUT2D eigenvalue weighted by Crippen LogP contribution is 2.20. The Hall–Kier alpha value is -2.97. The van der Waals surface area contributed by atoms with Gasteiger partial charge in [-0.2, -0.15) is 4.99 Å². The normalized spacial score (nSPS) is 11.6. The van der Waals surface area contributed by atoms with Crippen LogP contribution < -0.4 is 9.54 Å². The maximum atomic E-state index is 12.6. The van der Waals surface area contributed by atoms with E-state index >= 15 is 0 Å². The molecule has 158 valence electrons. The predicted octanol–water partition coefficient (Wildman–Crippen LogP) is 3.20. The molecule has 0 spiro atoms. The molecule has 0 bridgehead atoms. The van der Waals surface area contributed by atoms with Gasteiger partial charge in [0, 0.05) is 13.2 Å². The number of benzene rings is 2. The maximum absolute atomic E-state index is 12.6. The summed E-state index contributed by atoms with van der Waals surface area (Å²) in [5.41, 5.74) is 2.18.